The van der Waals surface area contributed by atoms with Crippen molar-refractivity contribution in [3.63, 3.8) is 0 Å². The summed E-state index contributed by atoms with van der Waals surface area (Å²) in [6.45, 7) is 0.711. The molecule has 124 valence electrons. The lowest BCUT2D eigenvalue weighted by atomic mass is 10.1. The van der Waals surface area contributed by atoms with Gasteiger partial charge in [-0.15, -0.1) is 0 Å². The van der Waals surface area contributed by atoms with Crippen LogP contribution >= 0.6 is 0 Å². The first kappa shape index (κ1) is 17.0. The van der Waals surface area contributed by atoms with Gasteiger partial charge in [-0.1, -0.05) is 12.1 Å². The third-order valence-corrected chi connectivity index (χ3v) is 3.55. The summed E-state index contributed by atoms with van der Waals surface area (Å²) < 4.78 is 27.3. The minimum atomic E-state index is 0.356. The van der Waals surface area contributed by atoms with Crippen molar-refractivity contribution in [1.82, 2.24) is 0 Å². The van der Waals surface area contributed by atoms with Gasteiger partial charge in [-0.25, -0.2) is 0 Å². The van der Waals surface area contributed by atoms with E-state index in [9.17, 15) is 0 Å². The van der Waals surface area contributed by atoms with E-state index in [1.165, 1.54) is 0 Å². The van der Waals surface area contributed by atoms with Gasteiger partial charge in [0.2, 0.25) is 0 Å². The molecule has 0 heterocycles. The molecular weight excluding hydrogens is 296 g/mol. The second kappa shape index (κ2) is 8.29. The molecule has 0 radical (unpaired) electrons. The molecule has 0 amide bonds. The van der Waals surface area contributed by atoms with Crippen LogP contribution in [-0.4, -0.2) is 28.4 Å². The van der Waals surface area contributed by atoms with Crippen LogP contribution < -0.4 is 18.9 Å². The Kier molecular flexibility index (Phi) is 6.11. The van der Waals surface area contributed by atoms with Gasteiger partial charge in [-0.05, 0) is 24.3 Å². The Balaban J connectivity index is 2.15. The van der Waals surface area contributed by atoms with Gasteiger partial charge < -0.3 is 23.7 Å². The Morgan fingerprint density at radius 2 is 0.870 bits per heavy atom. The summed E-state index contributed by atoms with van der Waals surface area (Å²) in [5.74, 6) is 2.93. The molecule has 0 atom stereocenters. The molecule has 0 fully saturated rings. The van der Waals surface area contributed by atoms with Crippen LogP contribution in [-0.2, 0) is 18.0 Å². The summed E-state index contributed by atoms with van der Waals surface area (Å²) in [6, 6.07) is 11.3. The van der Waals surface area contributed by atoms with E-state index in [2.05, 4.69) is 0 Å². The SMILES string of the molecule is COc1cccc(OC)c1COCc1c(OC)cccc1OC. The molecule has 0 saturated carbocycles. The Morgan fingerprint density at radius 1 is 0.565 bits per heavy atom. The van der Waals surface area contributed by atoms with Gasteiger partial charge in [0.1, 0.15) is 23.0 Å². The van der Waals surface area contributed by atoms with E-state index in [-0.39, 0.29) is 0 Å². The van der Waals surface area contributed by atoms with E-state index >= 15 is 0 Å². The molecule has 0 bridgehead atoms. The highest BCUT2D eigenvalue weighted by Crippen LogP contribution is 2.32. The van der Waals surface area contributed by atoms with Crippen molar-refractivity contribution in [3.8, 4) is 23.0 Å². The second-order valence-electron chi connectivity index (χ2n) is 4.77. The Bertz CT molecular complexity index is 539. The number of ether oxygens (including phenoxy) is 5. The molecular formula is C18H22O5. The molecule has 2 aromatic carbocycles. The van der Waals surface area contributed by atoms with Crippen molar-refractivity contribution in [3.05, 3.63) is 47.5 Å². The molecule has 0 aromatic heterocycles. The third-order valence-electron chi connectivity index (χ3n) is 3.55. The fraction of sp³-hybridized carbons (Fsp3) is 0.333. The van der Waals surface area contributed by atoms with E-state index in [0.29, 0.717) is 13.2 Å². The van der Waals surface area contributed by atoms with Crippen LogP contribution in [0.5, 0.6) is 23.0 Å². The summed E-state index contributed by atoms with van der Waals surface area (Å²) in [5.41, 5.74) is 1.73. The molecule has 0 unspecified atom stereocenters. The van der Waals surface area contributed by atoms with Crippen LogP contribution in [0, 0.1) is 0 Å². The molecule has 23 heavy (non-hydrogen) atoms. The van der Waals surface area contributed by atoms with E-state index in [1.807, 2.05) is 36.4 Å². The Hall–Kier alpha value is -2.40. The molecule has 2 aromatic rings. The first-order valence-corrected chi connectivity index (χ1v) is 7.22. The number of methoxy groups -OCH3 is 4. The molecule has 0 spiro atoms. The normalized spacial score (nSPS) is 10.3. The Labute approximate surface area is 136 Å². The predicted molar refractivity (Wildman–Crippen MR) is 87.6 cm³/mol. The second-order valence-corrected chi connectivity index (χ2v) is 4.77. The number of rotatable bonds is 8. The molecule has 0 saturated heterocycles. The van der Waals surface area contributed by atoms with Gasteiger partial charge in [0, 0.05) is 0 Å². The van der Waals surface area contributed by atoms with Crippen LogP contribution in [0.3, 0.4) is 0 Å². The van der Waals surface area contributed by atoms with E-state index in [4.69, 9.17) is 23.7 Å². The van der Waals surface area contributed by atoms with Crippen molar-refractivity contribution in [1.29, 1.82) is 0 Å². The zero-order chi connectivity index (χ0) is 16.7. The lowest BCUT2D eigenvalue weighted by Gasteiger charge is -2.15. The first-order valence-electron chi connectivity index (χ1n) is 7.22. The number of benzene rings is 2. The van der Waals surface area contributed by atoms with Crippen molar-refractivity contribution in [2.75, 3.05) is 28.4 Å². The highest BCUT2D eigenvalue weighted by atomic mass is 16.5. The van der Waals surface area contributed by atoms with Gasteiger partial charge in [-0.3, -0.25) is 0 Å². The van der Waals surface area contributed by atoms with Gasteiger partial charge in [0.05, 0.1) is 52.8 Å². The monoisotopic (exact) mass is 318 g/mol. The maximum Gasteiger partial charge on any atom is 0.128 e. The third kappa shape index (κ3) is 3.87. The van der Waals surface area contributed by atoms with Gasteiger partial charge in [-0.2, -0.15) is 0 Å². The van der Waals surface area contributed by atoms with E-state index in [1.54, 1.807) is 28.4 Å². The maximum atomic E-state index is 5.86. The zero-order valence-corrected chi connectivity index (χ0v) is 13.9. The zero-order valence-electron chi connectivity index (χ0n) is 13.9. The summed E-state index contributed by atoms with van der Waals surface area (Å²) in [7, 11) is 6.51. The average Bonchev–Trinajstić information content (AvgIpc) is 2.61. The molecule has 0 aliphatic rings. The lowest BCUT2D eigenvalue weighted by molar-refractivity contribution is 0.0998. The van der Waals surface area contributed by atoms with Gasteiger partial charge in [0.15, 0.2) is 0 Å². The standard InChI is InChI=1S/C18H22O5/c1-19-15-7-5-8-16(20-2)13(15)11-23-12-14-17(21-3)9-6-10-18(14)22-4/h5-10H,11-12H2,1-4H3. The molecule has 5 nitrogen and oxygen atoms in total. The molecule has 0 aliphatic carbocycles. The predicted octanol–water partition coefficient (Wildman–Crippen LogP) is 3.44. The van der Waals surface area contributed by atoms with Crippen molar-refractivity contribution >= 4 is 0 Å². The van der Waals surface area contributed by atoms with Gasteiger partial charge in [0.25, 0.3) is 0 Å². The summed E-state index contributed by atoms with van der Waals surface area (Å²) >= 11 is 0. The lowest BCUT2D eigenvalue weighted by Crippen LogP contribution is -2.02. The number of hydrogen-bond donors (Lipinski definition) is 0. The maximum absolute atomic E-state index is 5.86. The smallest absolute Gasteiger partial charge is 0.128 e. The van der Waals surface area contributed by atoms with Crippen molar-refractivity contribution in [2.45, 2.75) is 13.2 Å². The van der Waals surface area contributed by atoms with Crippen LogP contribution in [0.4, 0.5) is 0 Å². The van der Waals surface area contributed by atoms with Crippen LogP contribution in [0.15, 0.2) is 36.4 Å². The van der Waals surface area contributed by atoms with Crippen LogP contribution in [0.2, 0.25) is 0 Å². The highest BCUT2D eigenvalue weighted by Gasteiger charge is 2.13. The molecule has 2 rings (SSSR count). The fourth-order valence-electron chi connectivity index (χ4n) is 2.40. The number of hydrogen-bond acceptors (Lipinski definition) is 5. The summed E-state index contributed by atoms with van der Waals surface area (Å²) in [4.78, 5) is 0. The highest BCUT2D eigenvalue weighted by molar-refractivity contribution is 5.45. The minimum Gasteiger partial charge on any atom is -0.496 e. The first-order chi connectivity index (χ1) is 11.2. The van der Waals surface area contributed by atoms with E-state index < -0.39 is 0 Å². The van der Waals surface area contributed by atoms with Crippen molar-refractivity contribution in [2.24, 2.45) is 0 Å². The Morgan fingerprint density at radius 3 is 1.13 bits per heavy atom. The molecule has 0 N–H and O–H groups in total. The topological polar surface area (TPSA) is 46.2 Å². The minimum absolute atomic E-state index is 0.356. The average molecular weight is 318 g/mol. The largest absolute Gasteiger partial charge is 0.496 e. The van der Waals surface area contributed by atoms with E-state index in [0.717, 1.165) is 34.1 Å². The van der Waals surface area contributed by atoms with Gasteiger partial charge >= 0.3 is 0 Å². The van der Waals surface area contributed by atoms with Crippen LogP contribution in [0.1, 0.15) is 11.1 Å². The summed E-state index contributed by atoms with van der Waals surface area (Å²) in [5, 5.41) is 0. The summed E-state index contributed by atoms with van der Waals surface area (Å²) in [6.07, 6.45) is 0. The fourth-order valence-corrected chi connectivity index (χ4v) is 2.40. The molecule has 5 heteroatoms. The molecule has 0 aliphatic heterocycles. The van der Waals surface area contributed by atoms with Crippen molar-refractivity contribution < 1.29 is 23.7 Å². The quantitative estimate of drug-likeness (QED) is 0.746. The van der Waals surface area contributed by atoms with Crippen LogP contribution in [0.25, 0.3) is 0 Å².